The first-order chi connectivity index (χ1) is 6.36. The van der Waals surface area contributed by atoms with E-state index in [1.54, 1.807) is 6.08 Å². The Labute approximate surface area is 84.0 Å². The zero-order chi connectivity index (χ0) is 9.10. The fraction of sp³-hybridized carbons (Fsp3) is 0.182. The van der Waals surface area contributed by atoms with Crippen LogP contribution in [0, 0.1) is 0 Å². The second-order valence-corrected chi connectivity index (χ2v) is 5.34. The first kappa shape index (κ1) is 8.73. The summed E-state index contributed by atoms with van der Waals surface area (Å²) in [5, 5.41) is 0. The first-order valence-corrected chi connectivity index (χ1v) is 6.24. The minimum atomic E-state index is 0.266. The van der Waals surface area contributed by atoms with Crippen molar-refractivity contribution in [3.05, 3.63) is 46.9 Å². The van der Waals surface area contributed by atoms with Crippen LogP contribution in [0.15, 0.2) is 41.4 Å². The minimum absolute atomic E-state index is 0.266. The van der Waals surface area contributed by atoms with Crippen molar-refractivity contribution in [3.8, 4) is 0 Å². The molecular weight excluding hydrogens is 227 g/mol. The average molecular weight is 237 g/mol. The van der Waals surface area contributed by atoms with Gasteiger partial charge >= 0.3 is 83.7 Å². The van der Waals surface area contributed by atoms with Crippen molar-refractivity contribution in [2.24, 2.45) is 0 Å². The number of ketones is 1. The molecule has 66 valence electrons. The molecule has 0 bridgehead atoms. The molecule has 0 amide bonds. The van der Waals surface area contributed by atoms with Crippen LogP contribution in [0.2, 0.25) is 0 Å². The van der Waals surface area contributed by atoms with E-state index in [0.29, 0.717) is 26.2 Å². The van der Waals surface area contributed by atoms with Gasteiger partial charge < -0.3 is 0 Å². The van der Waals surface area contributed by atoms with Crippen LogP contribution in [0.1, 0.15) is 16.8 Å². The third-order valence-electron chi connectivity index (χ3n) is 2.05. The predicted molar refractivity (Wildman–Crippen MR) is 53.7 cm³/mol. The zero-order valence-corrected chi connectivity index (χ0v) is 8.86. The molecule has 2 rings (SSSR count). The van der Waals surface area contributed by atoms with E-state index in [-0.39, 0.29) is 5.78 Å². The third-order valence-corrected chi connectivity index (χ3v) is 4.28. The first-order valence-electron chi connectivity index (χ1n) is 4.26. The second-order valence-electron chi connectivity index (χ2n) is 3.01. The molecule has 0 aliphatic carbocycles. The molecular formula is C11H10OSe. The average Bonchev–Trinajstić information content (AvgIpc) is 2.19. The SMILES string of the molecule is O=C1C=C[Se]C(c2ccccc2)C1. The van der Waals surface area contributed by atoms with Crippen LogP contribution >= 0.6 is 0 Å². The van der Waals surface area contributed by atoms with Crippen LogP contribution in [0.5, 0.6) is 0 Å². The van der Waals surface area contributed by atoms with E-state index in [4.69, 9.17) is 0 Å². The van der Waals surface area contributed by atoms with Gasteiger partial charge in [0, 0.05) is 0 Å². The molecule has 1 aromatic rings. The normalized spacial score (nSPS) is 21.8. The number of allylic oxidation sites excluding steroid dienone is 1. The molecule has 1 aliphatic heterocycles. The Morgan fingerprint density at radius 2 is 2.00 bits per heavy atom. The Morgan fingerprint density at radius 3 is 2.69 bits per heavy atom. The number of carbonyl (C=O) groups is 1. The molecule has 0 N–H and O–H groups in total. The van der Waals surface area contributed by atoms with Crippen molar-refractivity contribution in [1.82, 2.24) is 0 Å². The summed E-state index contributed by atoms with van der Waals surface area (Å²) in [6.07, 6.45) is 2.42. The van der Waals surface area contributed by atoms with Crippen molar-refractivity contribution in [2.45, 2.75) is 11.2 Å². The van der Waals surface area contributed by atoms with Gasteiger partial charge in [-0.1, -0.05) is 0 Å². The molecule has 1 aromatic carbocycles. The Morgan fingerprint density at radius 1 is 1.23 bits per heavy atom. The van der Waals surface area contributed by atoms with Crippen LogP contribution in [0.25, 0.3) is 0 Å². The molecule has 0 saturated heterocycles. The Balaban J connectivity index is 2.19. The van der Waals surface area contributed by atoms with Gasteiger partial charge in [0.2, 0.25) is 0 Å². The molecule has 0 radical (unpaired) electrons. The summed E-state index contributed by atoms with van der Waals surface area (Å²) in [7, 11) is 0. The van der Waals surface area contributed by atoms with Crippen molar-refractivity contribution >= 4 is 20.7 Å². The Bertz CT molecular complexity index is 329. The van der Waals surface area contributed by atoms with E-state index in [1.807, 2.05) is 23.2 Å². The molecule has 0 fully saturated rings. The second kappa shape index (κ2) is 3.91. The Hall–Kier alpha value is -0.851. The van der Waals surface area contributed by atoms with Gasteiger partial charge in [-0.15, -0.1) is 0 Å². The van der Waals surface area contributed by atoms with Crippen molar-refractivity contribution < 1.29 is 4.79 Å². The van der Waals surface area contributed by atoms with Crippen LogP contribution in [0.3, 0.4) is 0 Å². The van der Waals surface area contributed by atoms with Gasteiger partial charge in [-0.05, 0) is 0 Å². The summed E-state index contributed by atoms with van der Waals surface area (Å²) in [5.74, 6) is 0.266. The fourth-order valence-corrected chi connectivity index (χ4v) is 3.46. The molecule has 1 nitrogen and oxygen atoms in total. The summed E-state index contributed by atoms with van der Waals surface area (Å²) in [5.41, 5.74) is 1.31. The molecule has 2 heteroatoms. The summed E-state index contributed by atoms with van der Waals surface area (Å²) in [6, 6.07) is 10.3. The molecule has 0 spiro atoms. The van der Waals surface area contributed by atoms with Gasteiger partial charge in [0.25, 0.3) is 0 Å². The van der Waals surface area contributed by atoms with Gasteiger partial charge in [0.1, 0.15) is 0 Å². The van der Waals surface area contributed by atoms with Crippen LogP contribution < -0.4 is 0 Å². The topological polar surface area (TPSA) is 17.1 Å². The van der Waals surface area contributed by atoms with E-state index in [0.717, 1.165) is 0 Å². The monoisotopic (exact) mass is 238 g/mol. The number of hydrogen-bond donors (Lipinski definition) is 0. The predicted octanol–water partition coefficient (Wildman–Crippen LogP) is 1.92. The zero-order valence-electron chi connectivity index (χ0n) is 7.14. The van der Waals surface area contributed by atoms with Crippen molar-refractivity contribution in [1.29, 1.82) is 0 Å². The molecule has 13 heavy (non-hydrogen) atoms. The van der Waals surface area contributed by atoms with Gasteiger partial charge in [-0.25, -0.2) is 0 Å². The van der Waals surface area contributed by atoms with E-state index in [9.17, 15) is 4.79 Å². The molecule has 1 atom stereocenters. The Kier molecular flexibility index (Phi) is 2.62. The number of hydrogen-bond acceptors (Lipinski definition) is 1. The summed E-state index contributed by atoms with van der Waals surface area (Å²) in [4.78, 5) is 13.7. The van der Waals surface area contributed by atoms with Crippen molar-refractivity contribution in [3.63, 3.8) is 0 Å². The summed E-state index contributed by atoms with van der Waals surface area (Å²) >= 11 is 0.454. The van der Waals surface area contributed by atoms with E-state index < -0.39 is 0 Å². The number of rotatable bonds is 1. The molecule has 1 heterocycles. The van der Waals surface area contributed by atoms with Crippen molar-refractivity contribution in [2.75, 3.05) is 0 Å². The maximum absolute atomic E-state index is 11.2. The standard InChI is InChI=1S/C11H10OSe/c12-10-6-7-13-11(8-10)9-4-2-1-3-5-9/h1-7,11H,8H2. The number of carbonyl (C=O) groups excluding carboxylic acids is 1. The summed E-state index contributed by atoms with van der Waals surface area (Å²) in [6.45, 7) is 0. The maximum atomic E-state index is 11.2. The summed E-state index contributed by atoms with van der Waals surface area (Å²) < 4.78 is 0. The van der Waals surface area contributed by atoms with Gasteiger partial charge in [0.15, 0.2) is 0 Å². The van der Waals surface area contributed by atoms with E-state index in [2.05, 4.69) is 12.1 Å². The van der Waals surface area contributed by atoms with Crippen LogP contribution in [-0.4, -0.2) is 20.7 Å². The molecule has 0 aromatic heterocycles. The third kappa shape index (κ3) is 2.09. The van der Waals surface area contributed by atoms with Crippen LogP contribution in [-0.2, 0) is 4.79 Å². The van der Waals surface area contributed by atoms with Gasteiger partial charge in [-0.2, -0.15) is 0 Å². The van der Waals surface area contributed by atoms with E-state index in [1.165, 1.54) is 5.56 Å². The van der Waals surface area contributed by atoms with Crippen LogP contribution in [0.4, 0.5) is 0 Å². The molecule has 0 saturated carbocycles. The molecule has 1 aliphatic rings. The van der Waals surface area contributed by atoms with E-state index >= 15 is 0 Å². The van der Waals surface area contributed by atoms with Gasteiger partial charge in [-0.3, -0.25) is 0 Å². The quantitative estimate of drug-likeness (QED) is 0.682. The fourth-order valence-electron chi connectivity index (χ4n) is 1.37. The molecule has 1 unspecified atom stereocenters. The van der Waals surface area contributed by atoms with Gasteiger partial charge in [0.05, 0.1) is 0 Å². The number of benzene rings is 1.